The lowest BCUT2D eigenvalue weighted by Gasteiger charge is -2.32. The molecule has 1 saturated heterocycles. The fourth-order valence-electron chi connectivity index (χ4n) is 3.71. The average molecular weight is 475 g/mol. The van der Waals surface area contributed by atoms with Gasteiger partial charge < -0.3 is 9.32 Å². The zero-order valence-corrected chi connectivity index (χ0v) is 19.1. The number of piperidine rings is 1. The maximum absolute atomic E-state index is 12.9. The molecule has 3 aromatic rings. The molecule has 0 unspecified atom stereocenters. The van der Waals surface area contributed by atoms with Crippen molar-refractivity contribution in [1.29, 1.82) is 0 Å². The van der Waals surface area contributed by atoms with Gasteiger partial charge in [-0.25, -0.2) is 8.42 Å². The number of carbonyl (C=O) groups excluding carboxylic acids is 1. The fraction of sp³-hybridized carbons (Fsp3) is 0.318. The fourth-order valence-corrected chi connectivity index (χ4v) is 5.30. The van der Waals surface area contributed by atoms with Crippen LogP contribution in [0.3, 0.4) is 0 Å². The molecule has 1 aliphatic heterocycles. The van der Waals surface area contributed by atoms with E-state index < -0.39 is 10.0 Å². The molecule has 2 heterocycles. The average Bonchev–Trinajstić information content (AvgIpc) is 3.28. The molecule has 4 rings (SSSR count). The topological polar surface area (TPSA) is 96.6 Å². The van der Waals surface area contributed by atoms with Crippen molar-refractivity contribution in [3.63, 3.8) is 0 Å². The van der Waals surface area contributed by atoms with Crippen LogP contribution < -0.4 is 0 Å². The van der Waals surface area contributed by atoms with E-state index in [-0.39, 0.29) is 36.4 Å². The zero-order valence-electron chi connectivity index (χ0n) is 17.5. The molecule has 0 spiro atoms. The molecule has 0 N–H and O–H groups in total. The van der Waals surface area contributed by atoms with Gasteiger partial charge in [0.25, 0.3) is 0 Å². The number of aromatic nitrogens is 2. The molecule has 8 nitrogen and oxygen atoms in total. The number of sulfonamides is 1. The molecule has 1 fully saturated rings. The molecule has 1 amide bonds. The summed E-state index contributed by atoms with van der Waals surface area (Å²) < 4.78 is 32.8. The standard InChI is InChI=1S/C22H23ClN4O4S/c1-26(15-20-24-25-21(31-20)16-5-3-2-4-6-16)22(28)17-11-13-27(14-12-17)32(29,30)19-9-7-18(23)8-10-19/h2-10,17H,11-15H2,1H3. The second kappa shape index (κ2) is 9.40. The number of halogens is 1. The quantitative estimate of drug-likeness (QED) is 0.542. The van der Waals surface area contributed by atoms with Crippen LogP contribution >= 0.6 is 11.6 Å². The highest BCUT2D eigenvalue weighted by molar-refractivity contribution is 7.89. The first-order chi connectivity index (χ1) is 15.3. The van der Waals surface area contributed by atoms with E-state index in [1.807, 2.05) is 30.3 Å². The largest absolute Gasteiger partial charge is 0.419 e. The van der Waals surface area contributed by atoms with E-state index in [1.165, 1.54) is 16.4 Å². The van der Waals surface area contributed by atoms with E-state index in [4.69, 9.17) is 16.0 Å². The first-order valence-corrected chi connectivity index (χ1v) is 12.0. The monoisotopic (exact) mass is 474 g/mol. The van der Waals surface area contributed by atoms with Crippen LogP contribution in [0.25, 0.3) is 11.5 Å². The summed E-state index contributed by atoms with van der Waals surface area (Å²) >= 11 is 5.86. The van der Waals surface area contributed by atoms with Gasteiger partial charge >= 0.3 is 0 Å². The van der Waals surface area contributed by atoms with Crippen LogP contribution in [0.1, 0.15) is 18.7 Å². The van der Waals surface area contributed by atoms with Crippen LogP contribution in [0, 0.1) is 5.92 Å². The molecule has 0 saturated carbocycles. The molecule has 32 heavy (non-hydrogen) atoms. The molecule has 0 aliphatic carbocycles. The highest BCUT2D eigenvalue weighted by Gasteiger charge is 2.33. The summed E-state index contributed by atoms with van der Waals surface area (Å²) in [6.07, 6.45) is 0.907. The van der Waals surface area contributed by atoms with Gasteiger partial charge in [0.1, 0.15) is 0 Å². The lowest BCUT2D eigenvalue weighted by Crippen LogP contribution is -2.43. The Kier molecular flexibility index (Phi) is 6.59. The molecular formula is C22H23ClN4O4S. The van der Waals surface area contributed by atoms with Gasteiger partial charge in [0, 0.05) is 36.6 Å². The molecule has 2 aromatic carbocycles. The van der Waals surface area contributed by atoms with Crippen LogP contribution in [0.15, 0.2) is 63.9 Å². The van der Waals surface area contributed by atoms with Crippen LogP contribution in [-0.2, 0) is 21.4 Å². The van der Waals surface area contributed by atoms with Gasteiger partial charge in [0.05, 0.1) is 11.4 Å². The number of benzene rings is 2. The van der Waals surface area contributed by atoms with Crippen LogP contribution in [0.5, 0.6) is 0 Å². The number of amides is 1. The third-order valence-corrected chi connectivity index (χ3v) is 7.66. The molecule has 0 radical (unpaired) electrons. The highest BCUT2D eigenvalue weighted by Crippen LogP contribution is 2.26. The van der Waals surface area contributed by atoms with Crippen molar-refractivity contribution < 1.29 is 17.6 Å². The van der Waals surface area contributed by atoms with Crippen molar-refractivity contribution in [2.24, 2.45) is 5.92 Å². The van der Waals surface area contributed by atoms with Gasteiger partial charge in [-0.2, -0.15) is 4.31 Å². The second-order valence-corrected chi connectivity index (χ2v) is 10.1. The third-order valence-electron chi connectivity index (χ3n) is 5.49. The number of hydrogen-bond donors (Lipinski definition) is 0. The number of rotatable bonds is 6. The Morgan fingerprint density at radius 1 is 1.09 bits per heavy atom. The van der Waals surface area contributed by atoms with Gasteiger partial charge in [-0.1, -0.05) is 29.8 Å². The van der Waals surface area contributed by atoms with Crippen LogP contribution in [0.2, 0.25) is 5.02 Å². The normalized spacial score (nSPS) is 15.6. The summed E-state index contributed by atoms with van der Waals surface area (Å²) in [5, 5.41) is 8.56. The Balaban J connectivity index is 1.34. The summed E-state index contributed by atoms with van der Waals surface area (Å²) in [6.45, 7) is 0.768. The highest BCUT2D eigenvalue weighted by atomic mass is 35.5. The summed E-state index contributed by atoms with van der Waals surface area (Å²) in [5.41, 5.74) is 0.814. The summed E-state index contributed by atoms with van der Waals surface area (Å²) in [4.78, 5) is 14.7. The summed E-state index contributed by atoms with van der Waals surface area (Å²) in [7, 11) is -1.92. The Hall–Kier alpha value is -2.75. The Bertz CT molecular complexity index is 1170. The van der Waals surface area contributed by atoms with Crippen molar-refractivity contribution in [2.45, 2.75) is 24.3 Å². The first-order valence-electron chi connectivity index (χ1n) is 10.2. The van der Waals surface area contributed by atoms with Crippen molar-refractivity contribution in [3.8, 4) is 11.5 Å². The SMILES string of the molecule is CN(Cc1nnc(-c2ccccc2)o1)C(=O)C1CCN(S(=O)(=O)c2ccc(Cl)cc2)CC1. The minimum absolute atomic E-state index is 0.0620. The minimum Gasteiger partial charge on any atom is -0.419 e. The minimum atomic E-state index is -3.60. The summed E-state index contributed by atoms with van der Waals surface area (Å²) in [6, 6.07) is 15.5. The van der Waals surface area contributed by atoms with Crippen molar-refractivity contribution >= 4 is 27.5 Å². The molecule has 0 atom stereocenters. The van der Waals surface area contributed by atoms with Gasteiger partial charge in [-0.3, -0.25) is 4.79 Å². The summed E-state index contributed by atoms with van der Waals surface area (Å²) in [5.74, 6) is 0.436. The smallest absolute Gasteiger partial charge is 0.247 e. The van der Waals surface area contributed by atoms with Crippen molar-refractivity contribution in [2.75, 3.05) is 20.1 Å². The predicted octanol–water partition coefficient (Wildman–Crippen LogP) is 3.45. The molecule has 10 heteroatoms. The van der Waals surface area contributed by atoms with E-state index in [0.717, 1.165) is 5.56 Å². The van der Waals surface area contributed by atoms with Crippen LogP contribution in [0.4, 0.5) is 0 Å². The maximum atomic E-state index is 12.9. The lowest BCUT2D eigenvalue weighted by molar-refractivity contribution is -0.136. The van der Waals surface area contributed by atoms with Gasteiger partial charge in [-0.15, -0.1) is 10.2 Å². The molecular weight excluding hydrogens is 452 g/mol. The number of nitrogens with zero attached hydrogens (tertiary/aromatic N) is 4. The van der Waals surface area contributed by atoms with E-state index in [9.17, 15) is 13.2 Å². The van der Waals surface area contributed by atoms with Crippen molar-refractivity contribution in [3.05, 3.63) is 65.5 Å². The second-order valence-electron chi connectivity index (χ2n) is 7.69. The molecule has 168 valence electrons. The van der Waals surface area contributed by atoms with Gasteiger partial charge in [-0.05, 0) is 49.2 Å². The van der Waals surface area contributed by atoms with Gasteiger partial charge in [0.2, 0.25) is 27.7 Å². The Morgan fingerprint density at radius 3 is 2.41 bits per heavy atom. The Labute approximate surface area is 191 Å². The lowest BCUT2D eigenvalue weighted by atomic mass is 9.97. The maximum Gasteiger partial charge on any atom is 0.247 e. The van der Waals surface area contributed by atoms with Crippen molar-refractivity contribution in [1.82, 2.24) is 19.4 Å². The van der Waals surface area contributed by atoms with E-state index in [2.05, 4.69) is 10.2 Å². The third kappa shape index (κ3) is 4.85. The van der Waals surface area contributed by atoms with Gasteiger partial charge in [0.15, 0.2) is 0 Å². The molecule has 0 bridgehead atoms. The number of carbonyl (C=O) groups is 1. The zero-order chi connectivity index (χ0) is 22.7. The predicted molar refractivity (Wildman–Crippen MR) is 119 cm³/mol. The number of hydrogen-bond acceptors (Lipinski definition) is 6. The van der Waals surface area contributed by atoms with Crippen LogP contribution in [-0.4, -0.2) is 53.9 Å². The molecule has 1 aliphatic rings. The van der Waals surface area contributed by atoms with E-state index in [1.54, 1.807) is 24.1 Å². The first kappa shape index (κ1) is 22.4. The van der Waals surface area contributed by atoms with E-state index in [0.29, 0.717) is 29.6 Å². The Morgan fingerprint density at radius 2 is 1.75 bits per heavy atom. The molecule has 1 aromatic heterocycles. The van der Waals surface area contributed by atoms with E-state index >= 15 is 0 Å².